The molecule has 1 atom stereocenters. The van der Waals surface area contributed by atoms with E-state index < -0.39 is 29.9 Å². The zero-order valence-electron chi connectivity index (χ0n) is 5.91. The van der Waals surface area contributed by atoms with Crippen LogP contribution in [0.25, 0.3) is 0 Å². The molecule has 1 rings (SSSR count). The highest BCUT2D eigenvalue weighted by atomic mass is 35.5. The first kappa shape index (κ1) is 9.15. The van der Waals surface area contributed by atoms with Crippen molar-refractivity contribution in [1.29, 1.82) is 0 Å². The number of hydrogen-bond acceptors (Lipinski definition) is 5. The fraction of sp³-hybridized carbons (Fsp3) is 0.500. The van der Waals surface area contributed by atoms with Gasteiger partial charge in [0.15, 0.2) is 6.10 Å². The van der Waals surface area contributed by atoms with Crippen molar-refractivity contribution in [3.8, 4) is 0 Å². The van der Waals surface area contributed by atoms with Crippen LogP contribution in [0.2, 0.25) is 0 Å². The minimum Gasteiger partial charge on any atom is -0.391 e. The Balaban J connectivity index is 2.38. The minimum absolute atomic E-state index is 0.150. The summed E-state index contributed by atoms with van der Waals surface area (Å²) in [4.78, 5) is 31.3. The van der Waals surface area contributed by atoms with E-state index in [9.17, 15) is 14.4 Å². The Morgan fingerprint density at radius 3 is 2.75 bits per heavy atom. The number of rotatable bonds is 3. The second-order valence-corrected chi connectivity index (χ2v) is 2.57. The third-order valence-corrected chi connectivity index (χ3v) is 1.34. The Kier molecular flexibility index (Phi) is 2.78. The Morgan fingerprint density at radius 1 is 1.67 bits per heavy atom. The highest BCUT2D eigenvalue weighted by Gasteiger charge is 2.34. The van der Waals surface area contributed by atoms with Crippen molar-refractivity contribution >= 4 is 28.8 Å². The van der Waals surface area contributed by atoms with E-state index in [2.05, 4.69) is 9.47 Å². The summed E-state index contributed by atoms with van der Waals surface area (Å²) < 4.78 is 8.82. The predicted octanol–water partition coefficient (Wildman–Crippen LogP) is -0.389. The molecule has 1 unspecified atom stereocenters. The molecule has 1 heterocycles. The average Bonchev–Trinajstić information content (AvgIpc) is 2.26. The number of esters is 2. The fourth-order valence-electron chi connectivity index (χ4n) is 0.747. The third kappa shape index (κ3) is 2.28. The van der Waals surface area contributed by atoms with Gasteiger partial charge < -0.3 is 9.47 Å². The third-order valence-electron chi connectivity index (χ3n) is 1.23. The van der Waals surface area contributed by atoms with Gasteiger partial charge >= 0.3 is 11.9 Å². The van der Waals surface area contributed by atoms with Crippen molar-refractivity contribution in [2.75, 3.05) is 6.61 Å². The summed E-state index contributed by atoms with van der Waals surface area (Å²) in [6.07, 6.45) is -1.12. The minimum atomic E-state index is -0.972. The first-order valence-corrected chi connectivity index (χ1v) is 3.52. The van der Waals surface area contributed by atoms with E-state index in [0.29, 0.717) is 0 Å². The summed E-state index contributed by atoms with van der Waals surface area (Å²) in [5.74, 6) is -1.41. The SMILES string of the molecule is O=C(Cl)COC1CC(=O)OC1=O. The van der Waals surface area contributed by atoms with E-state index in [1.54, 1.807) is 0 Å². The highest BCUT2D eigenvalue weighted by Crippen LogP contribution is 2.11. The molecule has 0 aromatic heterocycles. The summed E-state index contributed by atoms with van der Waals surface area (Å²) >= 11 is 4.94. The molecule has 6 heteroatoms. The molecule has 66 valence electrons. The number of ether oxygens (including phenoxy) is 2. The van der Waals surface area contributed by atoms with Crippen LogP contribution in [0.5, 0.6) is 0 Å². The Bertz CT molecular complexity index is 236. The molecule has 0 radical (unpaired) electrons. The van der Waals surface area contributed by atoms with Crippen molar-refractivity contribution in [3.05, 3.63) is 0 Å². The molecule has 0 aliphatic carbocycles. The number of hydrogen-bond donors (Lipinski definition) is 0. The number of carbonyl (C=O) groups is 3. The normalized spacial score (nSPS) is 22.6. The van der Waals surface area contributed by atoms with Crippen molar-refractivity contribution in [3.63, 3.8) is 0 Å². The van der Waals surface area contributed by atoms with Gasteiger partial charge in [-0.15, -0.1) is 0 Å². The molecule has 1 aliphatic heterocycles. The van der Waals surface area contributed by atoms with Gasteiger partial charge in [-0.25, -0.2) is 4.79 Å². The molecule has 0 saturated carbocycles. The quantitative estimate of drug-likeness (QED) is 0.346. The Labute approximate surface area is 72.6 Å². The van der Waals surface area contributed by atoms with Crippen LogP contribution in [0.3, 0.4) is 0 Å². The molecule has 1 aliphatic rings. The number of carbonyl (C=O) groups excluding carboxylic acids is 3. The zero-order chi connectivity index (χ0) is 9.14. The summed E-state index contributed by atoms with van der Waals surface area (Å²) in [6, 6.07) is 0. The molecule has 5 nitrogen and oxygen atoms in total. The predicted molar refractivity (Wildman–Crippen MR) is 36.3 cm³/mol. The topological polar surface area (TPSA) is 69.7 Å². The lowest BCUT2D eigenvalue weighted by Crippen LogP contribution is -2.20. The van der Waals surface area contributed by atoms with Gasteiger partial charge in [0.05, 0.1) is 6.42 Å². The zero-order valence-corrected chi connectivity index (χ0v) is 6.67. The summed E-state index contributed by atoms with van der Waals surface area (Å²) in [6.45, 7) is -0.394. The summed E-state index contributed by atoms with van der Waals surface area (Å²) in [5.41, 5.74) is 0. The smallest absolute Gasteiger partial charge is 0.343 e. The standard InChI is InChI=1S/C6H5ClO5/c7-4(8)2-11-3-1-5(9)12-6(3)10/h3H,1-2H2. The van der Waals surface area contributed by atoms with Gasteiger partial charge in [0, 0.05) is 0 Å². The lowest BCUT2D eigenvalue weighted by molar-refractivity contribution is -0.155. The first-order valence-electron chi connectivity index (χ1n) is 3.14. The molecule has 1 fully saturated rings. The molecule has 0 spiro atoms. The molecule has 1 saturated heterocycles. The van der Waals surface area contributed by atoms with Crippen LogP contribution >= 0.6 is 11.6 Å². The van der Waals surface area contributed by atoms with E-state index in [1.807, 2.05) is 0 Å². The van der Waals surface area contributed by atoms with Crippen molar-refractivity contribution < 1.29 is 23.9 Å². The van der Waals surface area contributed by atoms with Crippen LogP contribution < -0.4 is 0 Å². The van der Waals surface area contributed by atoms with Crippen molar-refractivity contribution in [2.45, 2.75) is 12.5 Å². The second-order valence-electron chi connectivity index (χ2n) is 2.15. The van der Waals surface area contributed by atoms with E-state index in [1.165, 1.54) is 0 Å². The van der Waals surface area contributed by atoms with Gasteiger partial charge in [-0.3, -0.25) is 9.59 Å². The second kappa shape index (κ2) is 3.64. The van der Waals surface area contributed by atoms with Gasteiger partial charge in [-0.05, 0) is 11.6 Å². The van der Waals surface area contributed by atoms with Crippen LogP contribution in [0.1, 0.15) is 6.42 Å². The molecule has 12 heavy (non-hydrogen) atoms. The monoisotopic (exact) mass is 192 g/mol. The molecule has 0 N–H and O–H groups in total. The van der Waals surface area contributed by atoms with Gasteiger partial charge in [-0.2, -0.15) is 0 Å². The van der Waals surface area contributed by atoms with Crippen LogP contribution in [0.4, 0.5) is 0 Å². The molecule has 0 aromatic carbocycles. The van der Waals surface area contributed by atoms with Crippen LogP contribution in [0.15, 0.2) is 0 Å². The van der Waals surface area contributed by atoms with Crippen molar-refractivity contribution in [1.82, 2.24) is 0 Å². The van der Waals surface area contributed by atoms with Crippen LogP contribution in [-0.4, -0.2) is 29.9 Å². The van der Waals surface area contributed by atoms with Gasteiger partial charge in [0.1, 0.15) is 6.61 Å². The lowest BCUT2D eigenvalue weighted by atomic mass is 10.3. The number of halogens is 1. The van der Waals surface area contributed by atoms with Crippen molar-refractivity contribution in [2.24, 2.45) is 0 Å². The van der Waals surface area contributed by atoms with Gasteiger partial charge in [0.25, 0.3) is 0 Å². The van der Waals surface area contributed by atoms with Gasteiger partial charge in [-0.1, -0.05) is 0 Å². The van der Waals surface area contributed by atoms with E-state index >= 15 is 0 Å². The molecular formula is C6H5ClO5. The molecular weight excluding hydrogens is 188 g/mol. The molecule has 0 bridgehead atoms. The first-order chi connectivity index (χ1) is 5.59. The van der Waals surface area contributed by atoms with E-state index in [0.717, 1.165) is 0 Å². The Hall–Kier alpha value is -0.940. The van der Waals surface area contributed by atoms with Crippen LogP contribution in [-0.2, 0) is 23.9 Å². The fourth-order valence-corrected chi connectivity index (χ4v) is 0.810. The maximum Gasteiger partial charge on any atom is 0.343 e. The number of cyclic esters (lactones) is 2. The molecule has 0 amide bonds. The largest absolute Gasteiger partial charge is 0.391 e. The molecule has 0 aromatic rings. The maximum atomic E-state index is 10.7. The summed E-state index contributed by atoms with van der Waals surface area (Å²) in [7, 11) is 0. The lowest BCUT2D eigenvalue weighted by Gasteiger charge is -2.02. The maximum absolute atomic E-state index is 10.7. The Morgan fingerprint density at radius 2 is 2.33 bits per heavy atom. The summed E-state index contributed by atoms with van der Waals surface area (Å²) in [5, 5.41) is -0.720. The van der Waals surface area contributed by atoms with E-state index in [-0.39, 0.29) is 6.42 Å². The average molecular weight is 193 g/mol. The van der Waals surface area contributed by atoms with Crippen LogP contribution in [0, 0.1) is 0 Å². The highest BCUT2D eigenvalue weighted by molar-refractivity contribution is 6.63. The van der Waals surface area contributed by atoms with Gasteiger partial charge in [0.2, 0.25) is 5.24 Å². The van der Waals surface area contributed by atoms with E-state index in [4.69, 9.17) is 11.6 Å².